The van der Waals surface area contributed by atoms with E-state index in [2.05, 4.69) is 0 Å². The molecule has 1 saturated heterocycles. The van der Waals surface area contributed by atoms with Crippen molar-refractivity contribution in [2.24, 2.45) is 35.5 Å². The predicted octanol–water partition coefficient (Wildman–Crippen LogP) is 4.95. The van der Waals surface area contributed by atoms with Crippen molar-refractivity contribution in [2.45, 2.75) is 73.2 Å². The first-order valence-electron chi connectivity index (χ1n) is 30.0. The quantitative estimate of drug-likeness (QED) is 0.0190. The second-order valence-electron chi connectivity index (χ2n) is 23.6. The number of carbonyl (C=O) groups is 7. The van der Waals surface area contributed by atoms with Crippen LogP contribution in [0.3, 0.4) is 0 Å². The van der Waals surface area contributed by atoms with E-state index in [-0.39, 0.29) is 51.8 Å². The molecule has 3 fully saturated rings. The van der Waals surface area contributed by atoms with E-state index < -0.39 is 195 Å². The molecule has 1 aliphatic heterocycles. The van der Waals surface area contributed by atoms with Crippen LogP contribution in [0.5, 0.6) is 57.5 Å². The average Bonchev–Trinajstić information content (AvgIpc) is 0.664. The number of rotatable bonds is 22. The van der Waals surface area contributed by atoms with Crippen molar-refractivity contribution >= 4 is 41.8 Å². The highest BCUT2D eigenvalue weighted by Crippen LogP contribution is 2.69. The van der Waals surface area contributed by atoms with Crippen LogP contribution in [-0.4, -0.2) is 178 Å². The fraction of sp³-hybridized carbons (Fsp3) is 0.348. The molecule has 3 unspecified atom stereocenters. The van der Waals surface area contributed by atoms with Gasteiger partial charge in [0.25, 0.3) is 0 Å². The van der Waals surface area contributed by atoms with Gasteiger partial charge in [-0.1, -0.05) is 54.6 Å². The smallest absolute Gasteiger partial charge is 0.347 e. The number of esters is 7. The van der Waals surface area contributed by atoms with Crippen LogP contribution in [0.1, 0.15) is 39.7 Å². The lowest BCUT2D eigenvalue weighted by atomic mass is 9.50. The molecule has 1 heterocycles. The van der Waals surface area contributed by atoms with Crippen molar-refractivity contribution in [2.75, 3.05) is 42.7 Å². The second-order valence-corrected chi connectivity index (χ2v) is 23.6. The zero-order valence-electron chi connectivity index (χ0n) is 52.6. The fourth-order valence-electron chi connectivity index (χ4n) is 14.1. The van der Waals surface area contributed by atoms with E-state index in [1.807, 2.05) is 0 Å². The topological polar surface area (TPSA) is 423 Å². The molecule has 5 aromatic carbocycles. The maximum atomic E-state index is 15.9. The summed E-state index contributed by atoms with van der Waals surface area (Å²) in [5.41, 5.74) is 1.19. The monoisotopic (exact) mass is 1340 g/mol. The third kappa shape index (κ3) is 13.1. The van der Waals surface area contributed by atoms with Crippen LogP contribution in [-0.2, 0) is 105 Å². The van der Waals surface area contributed by atoms with Gasteiger partial charge in [-0.15, -0.1) is 0 Å². The van der Waals surface area contributed by atoms with Crippen LogP contribution in [0.4, 0.5) is 0 Å². The molecule has 28 heteroatoms. The SMILES string of the molecule is COC(=O)C(Cc1ccc(O)c(O)c1)OC(=O)/C=C/C1=C[C@H]2[C@H](c3ccc(O)c(O)c3)[C@@H](C(=O)OC)[C@@H]1[C@@]1(OC)O[C@H]3[C@H]4C=C(/C=C/C(=O)OC(Cc5ccc(O)c(O)c5)C(=O)OC)[C@H]([C@H](C(=O)OC(Cc5ccc(O)c(O)c5)C(=O)OC)[C@H]4c4ccc(O)c(O)c4)[C@@]3(OC)O[C@@H]21. The van der Waals surface area contributed by atoms with Crippen LogP contribution in [0, 0.1) is 35.5 Å². The van der Waals surface area contributed by atoms with Gasteiger partial charge < -0.3 is 103 Å². The highest BCUT2D eigenvalue weighted by molar-refractivity contribution is 5.88. The molecule has 97 heavy (non-hydrogen) atoms. The number of aromatic hydroxyl groups is 10. The minimum absolute atomic E-state index is 0.0458. The van der Waals surface area contributed by atoms with Gasteiger partial charge in [-0.3, -0.25) is 9.59 Å². The first-order valence-corrected chi connectivity index (χ1v) is 30.0. The van der Waals surface area contributed by atoms with Crippen LogP contribution < -0.4 is 0 Å². The molecule has 12 rings (SSSR count). The van der Waals surface area contributed by atoms with Crippen molar-refractivity contribution in [3.63, 3.8) is 0 Å². The Hall–Kier alpha value is -10.8. The van der Waals surface area contributed by atoms with Crippen molar-refractivity contribution in [3.8, 4) is 57.5 Å². The standard InChI is InChI=1S/C69H68O28/c1-87-63(82)50(24-31-7-14-40(70)45(75)21-31)93-53(80)19-12-36-27-38-55(34-10-17-43(73)48(78)29-34)57(66(85)90-4)59(36)68(91-5)61(38)97-69(92-6)60-37(13-20-54(81)94-51(64(83)88-2)25-32-8-15-41(71)46(76)22-32)28-39(62(69)96-68)56(35-11-18-44(74)49(79)30-35)58(60)67(86)95-52(65(84)89-3)26-33-9-16-42(72)47(77)23-33/h7-23,27-30,38-39,50-52,55-62,70-79H,24-26H2,1-6H3/b19-12+,20-13+/t38-,39-,50?,51?,52?,55-,56-,57+,58+,59+,60+,61-,62-,68+,69+/m0/s1. The molecular formula is C69H68O28. The van der Waals surface area contributed by atoms with Gasteiger partial charge >= 0.3 is 41.8 Å². The number of methoxy groups -OCH3 is 6. The van der Waals surface area contributed by atoms with Crippen LogP contribution in [0.2, 0.25) is 0 Å². The number of hydrogen-bond donors (Lipinski definition) is 10. The molecule has 0 radical (unpaired) electrons. The van der Waals surface area contributed by atoms with Gasteiger partial charge in [0.05, 0.1) is 52.1 Å². The molecule has 2 saturated carbocycles. The van der Waals surface area contributed by atoms with Crippen molar-refractivity contribution < 1.29 is 137 Å². The maximum Gasteiger partial charge on any atom is 0.347 e. The van der Waals surface area contributed by atoms with Crippen molar-refractivity contribution in [3.05, 3.63) is 166 Å². The zero-order chi connectivity index (χ0) is 70.1. The first-order chi connectivity index (χ1) is 46.2. The fourth-order valence-corrected chi connectivity index (χ4v) is 14.1. The summed E-state index contributed by atoms with van der Waals surface area (Å²) in [5, 5.41) is 105. The van der Waals surface area contributed by atoms with E-state index in [4.69, 9.17) is 52.1 Å². The minimum Gasteiger partial charge on any atom is -0.504 e. The van der Waals surface area contributed by atoms with Crippen molar-refractivity contribution in [1.82, 2.24) is 0 Å². The summed E-state index contributed by atoms with van der Waals surface area (Å²) < 4.78 is 66.2. The normalized spacial score (nSPS) is 26.0. The second kappa shape index (κ2) is 27.9. The first kappa shape index (κ1) is 69.0. The third-order valence-electron chi connectivity index (χ3n) is 18.3. The van der Waals surface area contributed by atoms with E-state index in [0.717, 1.165) is 89.1 Å². The summed E-state index contributed by atoms with van der Waals surface area (Å²) in [4.78, 5) is 99.1. The number of phenolic OH excluding ortho intramolecular Hbond substituents is 10. The highest BCUT2D eigenvalue weighted by atomic mass is 16.8. The largest absolute Gasteiger partial charge is 0.504 e. The Kier molecular flexibility index (Phi) is 19.8. The summed E-state index contributed by atoms with van der Waals surface area (Å²) in [5.74, 6) is -28.8. The number of allylic oxidation sites excluding steroid dienone is 2. The molecule has 4 bridgehead atoms. The molecule has 10 N–H and O–H groups in total. The van der Waals surface area contributed by atoms with Crippen molar-refractivity contribution in [1.29, 1.82) is 0 Å². The van der Waals surface area contributed by atoms with Crippen LogP contribution in [0.15, 0.2) is 139 Å². The number of ether oxygens (including phenoxy) is 11. The molecule has 0 spiro atoms. The summed E-state index contributed by atoms with van der Waals surface area (Å²) >= 11 is 0. The molecule has 6 aliphatic carbocycles. The minimum atomic E-state index is -2.33. The summed E-state index contributed by atoms with van der Waals surface area (Å²) in [6, 6.07) is 18.4. The Balaban J connectivity index is 1.14. The molecule has 0 aromatic heterocycles. The van der Waals surface area contributed by atoms with E-state index in [1.165, 1.54) is 68.8 Å². The van der Waals surface area contributed by atoms with Crippen LogP contribution in [0.25, 0.3) is 0 Å². The maximum absolute atomic E-state index is 15.9. The molecule has 0 amide bonds. The van der Waals surface area contributed by atoms with E-state index >= 15 is 4.79 Å². The molecular weight excluding hydrogens is 1280 g/mol. The van der Waals surface area contributed by atoms with Gasteiger partial charge in [0.2, 0.25) is 29.9 Å². The Morgan fingerprint density at radius 2 is 0.732 bits per heavy atom. The van der Waals surface area contributed by atoms with Gasteiger partial charge in [0, 0.05) is 69.3 Å². The number of fused-ring (bicyclic) bond motifs is 2. The molecule has 512 valence electrons. The summed E-state index contributed by atoms with van der Waals surface area (Å²) in [6.07, 6.45) is -1.79. The Morgan fingerprint density at radius 3 is 1.04 bits per heavy atom. The van der Waals surface area contributed by atoms with E-state index in [0.29, 0.717) is 0 Å². The summed E-state index contributed by atoms with van der Waals surface area (Å²) in [6.45, 7) is 0. The van der Waals surface area contributed by atoms with Crippen LogP contribution >= 0.6 is 0 Å². The lowest BCUT2D eigenvalue weighted by molar-refractivity contribution is -0.482. The van der Waals surface area contributed by atoms with Gasteiger partial charge in [-0.05, 0) is 99.6 Å². The average molecular weight is 1350 g/mol. The third-order valence-corrected chi connectivity index (χ3v) is 18.3. The lowest BCUT2D eigenvalue weighted by Gasteiger charge is -2.69. The Labute approximate surface area is 551 Å². The number of benzene rings is 5. The molecule has 15 atom stereocenters. The number of carbonyl (C=O) groups excluding carboxylic acids is 7. The van der Waals surface area contributed by atoms with Gasteiger partial charge in [0.1, 0.15) is 12.2 Å². The van der Waals surface area contributed by atoms with E-state index in [9.17, 15) is 79.8 Å². The van der Waals surface area contributed by atoms with Gasteiger partial charge in [-0.2, -0.15) is 0 Å². The number of hydrogen-bond acceptors (Lipinski definition) is 28. The Morgan fingerprint density at radius 1 is 0.412 bits per heavy atom. The number of phenols is 10. The Bertz CT molecular complexity index is 4060. The van der Waals surface area contributed by atoms with Gasteiger partial charge in [-0.25, -0.2) is 24.0 Å². The zero-order valence-corrected chi connectivity index (χ0v) is 52.6. The molecule has 28 nitrogen and oxygen atoms in total. The molecule has 5 aromatic rings. The highest BCUT2D eigenvalue weighted by Gasteiger charge is 2.77. The summed E-state index contributed by atoms with van der Waals surface area (Å²) in [7, 11) is 6.69. The molecule has 7 aliphatic rings. The predicted molar refractivity (Wildman–Crippen MR) is 328 cm³/mol. The van der Waals surface area contributed by atoms with Gasteiger partial charge in [0.15, 0.2) is 57.5 Å². The van der Waals surface area contributed by atoms with E-state index in [1.54, 1.807) is 12.2 Å². The lowest BCUT2D eigenvalue weighted by Crippen LogP contribution is -2.80.